The van der Waals surface area contributed by atoms with Crippen LogP contribution >= 0.6 is 0 Å². The van der Waals surface area contributed by atoms with E-state index in [4.69, 9.17) is 10.5 Å². The van der Waals surface area contributed by atoms with Crippen molar-refractivity contribution in [3.05, 3.63) is 23.8 Å². The van der Waals surface area contributed by atoms with E-state index >= 15 is 0 Å². The van der Waals surface area contributed by atoms with E-state index in [9.17, 15) is 0 Å². The van der Waals surface area contributed by atoms with Crippen molar-refractivity contribution in [3.63, 3.8) is 0 Å². The molecule has 1 fully saturated rings. The van der Waals surface area contributed by atoms with Gasteiger partial charge in [-0.25, -0.2) is 0 Å². The summed E-state index contributed by atoms with van der Waals surface area (Å²) >= 11 is 0. The number of benzene rings is 1. The van der Waals surface area contributed by atoms with E-state index in [0.717, 1.165) is 51.6 Å². The van der Waals surface area contributed by atoms with Crippen LogP contribution in [0.3, 0.4) is 0 Å². The fourth-order valence-corrected chi connectivity index (χ4v) is 3.69. The summed E-state index contributed by atoms with van der Waals surface area (Å²) in [6.45, 7) is 9.62. The van der Waals surface area contributed by atoms with Crippen molar-refractivity contribution in [2.24, 2.45) is 0 Å². The summed E-state index contributed by atoms with van der Waals surface area (Å²) in [6.07, 6.45) is 4.81. The van der Waals surface area contributed by atoms with Crippen LogP contribution in [0.4, 0.5) is 11.4 Å². The van der Waals surface area contributed by atoms with Gasteiger partial charge in [-0.2, -0.15) is 0 Å². The molecular formula is C19H32N4O. The minimum atomic E-state index is 0.870. The molecule has 0 unspecified atom stereocenters. The Morgan fingerprint density at radius 2 is 2.00 bits per heavy atom. The van der Waals surface area contributed by atoms with Crippen LogP contribution in [0.15, 0.2) is 18.2 Å². The minimum absolute atomic E-state index is 0.870. The summed E-state index contributed by atoms with van der Waals surface area (Å²) in [7, 11) is 0. The average Bonchev–Trinajstić information content (AvgIpc) is 2.87. The molecule has 0 spiro atoms. The van der Waals surface area contributed by atoms with Gasteiger partial charge in [0, 0.05) is 50.7 Å². The van der Waals surface area contributed by atoms with E-state index < -0.39 is 0 Å². The molecule has 24 heavy (non-hydrogen) atoms. The molecule has 3 rings (SSSR count). The van der Waals surface area contributed by atoms with Crippen LogP contribution in [0.25, 0.3) is 0 Å². The second-order valence-corrected chi connectivity index (χ2v) is 6.89. The van der Waals surface area contributed by atoms with Gasteiger partial charge in [0.05, 0.1) is 6.61 Å². The number of fused-ring (bicyclic) bond motifs is 1. The molecule has 5 nitrogen and oxygen atoms in total. The smallest absolute Gasteiger partial charge is 0.0593 e. The van der Waals surface area contributed by atoms with Crippen LogP contribution in [-0.2, 0) is 11.2 Å². The van der Waals surface area contributed by atoms with Crippen molar-refractivity contribution >= 4 is 11.4 Å². The van der Waals surface area contributed by atoms with E-state index in [1.165, 1.54) is 50.0 Å². The molecule has 2 aliphatic heterocycles. The van der Waals surface area contributed by atoms with E-state index in [-0.39, 0.29) is 0 Å². The Labute approximate surface area is 146 Å². The summed E-state index contributed by atoms with van der Waals surface area (Å²) in [6, 6.07) is 6.35. The van der Waals surface area contributed by atoms with Crippen LogP contribution in [0.5, 0.6) is 0 Å². The Kier molecular flexibility index (Phi) is 6.75. The third-order valence-corrected chi connectivity index (χ3v) is 5.03. The molecular weight excluding hydrogens is 300 g/mol. The number of nitrogen functional groups attached to an aromatic ring is 1. The van der Waals surface area contributed by atoms with Gasteiger partial charge in [0.15, 0.2) is 0 Å². The van der Waals surface area contributed by atoms with Crippen LogP contribution in [0, 0.1) is 0 Å². The molecule has 5 heteroatoms. The van der Waals surface area contributed by atoms with Crippen LogP contribution in [-0.4, -0.2) is 63.9 Å². The van der Waals surface area contributed by atoms with Gasteiger partial charge in [-0.15, -0.1) is 0 Å². The first-order chi connectivity index (χ1) is 11.8. The lowest BCUT2D eigenvalue weighted by Gasteiger charge is -2.31. The van der Waals surface area contributed by atoms with Crippen molar-refractivity contribution in [1.29, 1.82) is 0 Å². The molecule has 0 amide bonds. The van der Waals surface area contributed by atoms with Gasteiger partial charge >= 0.3 is 0 Å². The van der Waals surface area contributed by atoms with E-state index in [1.54, 1.807) is 0 Å². The second-order valence-electron chi connectivity index (χ2n) is 6.89. The zero-order chi connectivity index (χ0) is 16.6. The average molecular weight is 332 g/mol. The Balaban J connectivity index is 1.33. The van der Waals surface area contributed by atoms with E-state index in [1.807, 2.05) is 6.07 Å². The lowest BCUT2D eigenvalue weighted by molar-refractivity contribution is 0.141. The van der Waals surface area contributed by atoms with Gasteiger partial charge in [0.25, 0.3) is 0 Å². The quantitative estimate of drug-likeness (QED) is 0.588. The number of rotatable bonds is 7. The summed E-state index contributed by atoms with van der Waals surface area (Å²) in [5, 5.41) is 3.60. The van der Waals surface area contributed by atoms with Crippen LogP contribution < -0.4 is 16.0 Å². The maximum atomic E-state index is 5.96. The molecule has 1 aromatic rings. The second kappa shape index (κ2) is 9.25. The lowest BCUT2D eigenvalue weighted by atomic mass is 10.0. The topological polar surface area (TPSA) is 53.8 Å². The minimum Gasteiger partial charge on any atom is -0.399 e. The van der Waals surface area contributed by atoms with E-state index in [0.29, 0.717) is 0 Å². The Bertz CT molecular complexity index is 500. The number of anilines is 2. The predicted molar refractivity (Wildman–Crippen MR) is 101 cm³/mol. The van der Waals surface area contributed by atoms with Crippen molar-refractivity contribution in [2.75, 3.05) is 69.7 Å². The lowest BCUT2D eigenvalue weighted by Crippen LogP contribution is -2.36. The molecule has 0 atom stereocenters. The van der Waals surface area contributed by atoms with Crippen molar-refractivity contribution < 1.29 is 4.74 Å². The third kappa shape index (κ3) is 5.10. The number of hydrogen-bond acceptors (Lipinski definition) is 5. The van der Waals surface area contributed by atoms with Crippen molar-refractivity contribution in [1.82, 2.24) is 10.2 Å². The fourth-order valence-electron chi connectivity index (χ4n) is 3.69. The van der Waals surface area contributed by atoms with Crippen LogP contribution in [0.1, 0.15) is 24.8 Å². The number of nitrogens with zero attached hydrogens (tertiary/aromatic N) is 2. The zero-order valence-corrected chi connectivity index (χ0v) is 14.8. The maximum Gasteiger partial charge on any atom is 0.0593 e. The number of ether oxygens (including phenoxy) is 1. The summed E-state index contributed by atoms with van der Waals surface area (Å²) in [5.41, 5.74) is 9.62. The number of nitrogens with one attached hydrogen (secondary N) is 1. The summed E-state index contributed by atoms with van der Waals surface area (Å²) in [5.74, 6) is 0. The highest BCUT2D eigenvalue weighted by Crippen LogP contribution is 2.28. The summed E-state index contributed by atoms with van der Waals surface area (Å²) in [4.78, 5) is 5.01. The molecule has 1 saturated heterocycles. The van der Waals surface area contributed by atoms with Gasteiger partial charge in [-0.3, -0.25) is 0 Å². The molecule has 2 aliphatic rings. The number of hydrogen-bond donors (Lipinski definition) is 2. The first-order valence-electron chi connectivity index (χ1n) is 9.47. The first kappa shape index (κ1) is 17.5. The summed E-state index contributed by atoms with van der Waals surface area (Å²) < 4.78 is 5.50. The molecule has 2 heterocycles. The SMILES string of the molecule is Nc1ccc2c(c1)N(CCNCCCN1CCCOCC1)CCC2. The molecule has 0 aromatic heterocycles. The van der Waals surface area contributed by atoms with Gasteiger partial charge in [0.1, 0.15) is 0 Å². The number of nitrogens with two attached hydrogens (primary N) is 1. The maximum absolute atomic E-state index is 5.96. The Hall–Kier alpha value is -1.30. The van der Waals surface area contributed by atoms with Crippen molar-refractivity contribution in [2.45, 2.75) is 25.7 Å². The van der Waals surface area contributed by atoms with Gasteiger partial charge < -0.3 is 25.6 Å². The molecule has 1 aromatic carbocycles. The Morgan fingerprint density at radius 3 is 2.96 bits per heavy atom. The molecule has 0 saturated carbocycles. The highest BCUT2D eigenvalue weighted by atomic mass is 16.5. The number of aryl methyl sites for hydroxylation is 1. The molecule has 134 valence electrons. The molecule has 0 aliphatic carbocycles. The highest BCUT2D eigenvalue weighted by molar-refractivity contribution is 5.62. The van der Waals surface area contributed by atoms with Gasteiger partial charge in [-0.05, 0) is 56.5 Å². The predicted octanol–water partition coefficient (Wildman–Crippen LogP) is 1.72. The highest BCUT2D eigenvalue weighted by Gasteiger charge is 2.16. The zero-order valence-electron chi connectivity index (χ0n) is 14.8. The molecule has 0 bridgehead atoms. The fraction of sp³-hybridized carbons (Fsp3) is 0.684. The standard InChI is InChI=1S/C19H32N4O/c20-18-6-5-17-4-1-11-23(19(17)16-18)12-8-21-7-2-9-22-10-3-14-24-15-13-22/h5-6,16,21H,1-4,7-15,20H2. The molecule has 0 radical (unpaired) electrons. The largest absolute Gasteiger partial charge is 0.399 e. The van der Waals surface area contributed by atoms with Crippen molar-refractivity contribution in [3.8, 4) is 0 Å². The Morgan fingerprint density at radius 1 is 1.04 bits per heavy atom. The monoisotopic (exact) mass is 332 g/mol. The van der Waals surface area contributed by atoms with E-state index in [2.05, 4.69) is 27.2 Å². The van der Waals surface area contributed by atoms with Gasteiger partial charge in [0.2, 0.25) is 0 Å². The van der Waals surface area contributed by atoms with Gasteiger partial charge in [-0.1, -0.05) is 6.07 Å². The molecule has 3 N–H and O–H groups in total. The first-order valence-corrected chi connectivity index (χ1v) is 9.47. The normalized spacial score (nSPS) is 19.1. The van der Waals surface area contributed by atoms with Crippen LogP contribution in [0.2, 0.25) is 0 Å². The third-order valence-electron chi connectivity index (χ3n) is 5.03.